The van der Waals surface area contributed by atoms with Crippen LogP contribution >= 0.6 is 0 Å². The molecule has 6 aromatic rings. The summed E-state index contributed by atoms with van der Waals surface area (Å²) < 4.78 is 27.3. The molecule has 1 N–H and O–H groups in total. The molecule has 0 spiro atoms. The molecule has 0 saturated carbocycles. The second kappa shape index (κ2) is 16.1. The number of hydrogen-bond donors (Lipinski definition) is 1. The predicted molar refractivity (Wildman–Crippen MR) is 190 cm³/mol. The lowest BCUT2D eigenvalue weighted by Crippen LogP contribution is -2.19. The van der Waals surface area contributed by atoms with Gasteiger partial charge in [-0.1, -0.05) is 60.7 Å². The zero-order valence-corrected chi connectivity index (χ0v) is 28.0. The molecule has 10 nitrogen and oxygen atoms in total. The van der Waals surface area contributed by atoms with E-state index in [0.717, 1.165) is 102 Å². The monoisotopic (exact) mass is 674 g/mol. The standard InChI is InChI=1S/C20H22N2O3.C20H20N2O3/c2*23-13-18-17-10-9-16(25-14-15-6-2-1-3-7-15)12-19(17)22(21-18)20-8-4-5-11-24-20/h1-3,6-7,9-10,12,20,23H,4-5,8,11,13-14H2;1-3,6-7,9-10,12-13,20H,4-5,8,11,14H2. The van der Waals surface area contributed by atoms with Crippen LogP contribution in [0, 0.1) is 0 Å². The largest absolute Gasteiger partial charge is 0.489 e. The van der Waals surface area contributed by atoms with Gasteiger partial charge in [0, 0.05) is 36.1 Å². The summed E-state index contributed by atoms with van der Waals surface area (Å²) in [6, 6.07) is 31.7. The van der Waals surface area contributed by atoms with Crippen LogP contribution in [0.25, 0.3) is 21.8 Å². The molecule has 8 rings (SSSR count). The van der Waals surface area contributed by atoms with Gasteiger partial charge in [-0.25, -0.2) is 9.36 Å². The third-order valence-electron chi connectivity index (χ3n) is 9.08. The van der Waals surface area contributed by atoms with Crippen LogP contribution in [0.5, 0.6) is 11.5 Å². The normalized spacial score (nSPS) is 17.6. The second-order valence-corrected chi connectivity index (χ2v) is 12.5. The topological polar surface area (TPSA) is 110 Å². The van der Waals surface area contributed by atoms with Gasteiger partial charge in [0.1, 0.15) is 30.4 Å². The Kier molecular flexibility index (Phi) is 10.8. The van der Waals surface area contributed by atoms with Crippen molar-refractivity contribution in [2.24, 2.45) is 0 Å². The van der Waals surface area contributed by atoms with Crippen molar-refractivity contribution in [2.75, 3.05) is 13.2 Å². The van der Waals surface area contributed by atoms with Crippen LogP contribution < -0.4 is 9.47 Å². The first-order chi connectivity index (χ1) is 24.7. The van der Waals surface area contributed by atoms with Crippen LogP contribution in [0.15, 0.2) is 97.1 Å². The number of aliphatic hydroxyl groups is 1. The molecule has 2 fully saturated rings. The molecule has 2 aromatic heterocycles. The van der Waals surface area contributed by atoms with E-state index in [9.17, 15) is 9.90 Å². The predicted octanol–water partition coefficient (Wildman–Crippen LogP) is 7.93. The summed E-state index contributed by atoms with van der Waals surface area (Å²) in [4.78, 5) is 11.4. The van der Waals surface area contributed by atoms with Gasteiger partial charge < -0.3 is 24.1 Å². The molecule has 4 heterocycles. The van der Waals surface area contributed by atoms with Crippen molar-refractivity contribution in [1.29, 1.82) is 0 Å². The summed E-state index contributed by atoms with van der Waals surface area (Å²) in [7, 11) is 0. The van der Waals surface area contributed by atoms with Crippen LogP contribution in [0.4, 0.5) is 0 Å². The number of benzene rings is 4. The lowest BCUT2D eigenvalue weighted by atomic mass is 10.1. The highest BCUT2D eigenvalue weighted by atomic mass is 16.5. The van der Waals surface area contributed by atoms with Crippen molar-refractivity contribution in [2.45, 2.75) is 70.8 Å². The number of fused-ring (bicyclic) bond motifs is 2. The van der Waals surface area contributed by atoms with E-state index in [0.29, 0.717) is 24.6 Å². The van der Waals surface area contributed by atoms with E-state index in [2.05, 4.69) is 10.2 Å². The maximum atomic E-state index is 11.4. The summed E-state index contributed by atoms with van der Waals surface area (Å²) in [5.74, 6) is 1.54. The quantitative estimate of drug-likeness (QED) is 0.146. The van der Waals surface area contributed by atoms with Crippen molar-refractivity contribution in [3.63, 3.8) is 0 Å². The summed E-state index contributed by atoms with van der Waals surface area (Å²) in [6.45, 7) is 2.42. The third-order valence-corrected chi connectivity index (χ3v) is 9.08. The third kappa shape index (κ3) is 7.73. The first-order valence-corrected chi connectivity index (χ1v) is 17.4. The number of aliphatic hydroxyl groups excluding tert-OH is 1. The fraction of sp³-hybridized carbons (Fsp3) is 0.325. The minimum Gasteiger partial charge on any atom is -0.489 e. The lowest BCUT2D eigenvalue weighted by Gasteiger charge is -2.23. The summed E-state index contributed by atoms with van der Waals surface area (Å²) >= 11 is 0. The van der Waals surface area contributed by atoms with E-state index in [1.807, 2.05) is 106 Å². The highest BCUT2D eigenvalue weighted by Crippen LogP contribution is 2.32. The maximum Gasteiger partial charge on any atom is 0.170 e. The van der Waals surface area contributed by atoms with Crippen LogP contribution in [0.2, 0.25) is 0 Å². The van der Waals surface area contributed by atoms with E-state index >= 15 is 0 Å². The summed E-state index contributed by atoms with van der Waals surface area (Å²) in [5, 5.41) is 20.4. The number of carbonyl (C=O) groups is 1. The molecule has 10 heteroatoms. The molecule has 4 aromatic carbocycles. The minimum absolute atomic E-state index is 0.0686. The molecule has 2 unspecified atom stereocenters. The van der Waals surface area contributed by atoms with E-state index in [4.69, 9.17) is 18.9 Å². The van der Waals surface area contributed by atoms with E-state index in [-0.39, 0.29) is 19.1 Å². The fourth-order valence-corrected chi connectivity index (χ4v) is 6.46. The average molecular weight is 675 g/mol. The number of carbonyl (C=O) groups excluding carboxylic acids is 1. The smallest absolute Gasteiger partial charge is 0.170 e. The Balaban J connectivity index is 0.000000157. The second-order valence-electron chi connectivity index (χ2n) is 12.5. The number of aromatic nitrogens is 4. The number of ether oxygens (including phenoxy) is 4. The van der Waals surface area contributed by atoms with Gasteiger partial charge in [0.25, 0.3) is 0 Å². The van der Waals surface area contributed by atoms with E-state index in [1.54, 1.807) is 0 Å². The molecule has 0 bridgehead atoms. The highest BCUT2D eigenvalue weighted by Gasteiger charge is 2.22. The van der Waals surface area contributed by atoms with Crippen LogP contribution in [0.1, 0.15) is 78.3 Å². The van der Waals surface area contributed by atoms with E-state index < -0.39 is 0 Å². The molecule has 0 amide bonds. The van der Waals surface area contributed by atoms with Crippen molar-refractivity contribution >= 4 is 28.1 Å². The first kappa shape index (κ1) is 33.5. The van der Waals surface area contributed by atoms with Gasteiger partial charge in [0.15, 0.2) is 18.7 Å². The fourth-order valence-electron chi connectivity index (χ4n) is 6.46. The van der Waals surface area contributed by atoms with Gasteiger partial charge in [-0.15, -0.1) is 0 Å². The Morgan fingerprint density at radius 3 is 1.70 bits per heavy atom. The van der Waals surface area contributed by atoms with Crippen LogP contribution in [0.3, 0.4) is 0 Å². The van der Waals surface area contributed by atoms with Crippen molar-refractivity contribution in [1.82, 2.24) is 19.6 Å². The minimum atomic E-state index is -0.116. The van der Waals surface area contributed by atoms with Gasteiger partial charge in [-0.05, 0) is 73.9 Å². The Morgan fingerprint density at radius 1 is 0.680 bits per heavy atom. The Labute approximate surface area is 291 Å². The van der Waals surface area contributed by atoms with E-state index in [1.165, 1.54) is 0 Å². The maximum absolute atomic E-state index is 11.4. The molecule has 2 saturated heterocycles. The molecule has 0 radical (unpaired) electrons. The van der Waals surface area contributed by atoms with Crippen LogP contribution in [-0.2, 0) is 29.3 Å². The summed E-state index contributed by atoms with van der Waals surface area (Å²) in [6.07, 6.45) is 6.86. The molecule has 258 valence electrons. The summed E-state index contributed by atoms with van der Waals surface area (Å²) in [5.41, 5.74) is 5.18. The first-order valence-electron chi connectivity index (χ1n) is 17.4. The lowest BCUT2D eigenvalue weighted by molar-refractivity contribution is -0.0371. The number of aldehydes is 1. The molecule has 2 atom stereocenters. The number of hydrogen-bond acceptors (Lipinski definition) is 8. The van der Waals surface area contributed by atoms with Crippen molar-refractivity contribution in [3.8, 4) is 11.5 Å². The Morgan fingerprint density at radius 2 is 1.20 bits per heavy atom. The molecule has 2 aliphatic heterocycles. The zero-order chi connectivity index (χ0) is 34.1. The number of rotatable bonds is 10. The van der Waals surface area contributed by atoms with Gasteiger partial charge in [-0.2, -0.15) is 10.2 Å². The molecular formula is C40H42N4O6. The van der Waals surface area contributed by atoms with Gasteiger partial charge in [-0.3, -0.25) is 4.79 Å². The molecule has 50 heavy (non-hydrogen) atoms. The average Bonchev–Trinajstić information content (AvgIpc) is 3.76. The Hall–Kier alpha value is -5.03. The van der Waals surface area contributed by atoms with Gasteiger partial charge in [0.05, 0.1) is 23.3 Å². The highest BCUT2D eigenvalue weighted by molar-refractivity contribution is 5.95. The molecule has 2 aliphatic rings. The zero-order valence-electron chi connectivity index (χ0n) is 28.0. The molecule has 0 aliphatic carbocycles. The van der Waals surface area contributed by atoms with Crippen molar-refractivity contribution < 1.29 is 28.8 Å². The van der Waals surface area contributed by atoms with Crippen LogP contribution in [-0.4, -0.2) is 44.2 Å². The number of nitrogens with zero attached hydrogens (tertiary/aromatic N) is 4. The Bertz CT molecular complexity index is 2000. The van der Waals surface area contributed by atoms with Crippen molar-refractivity contribution in [3.05, 3.63) is 120 Å². The van der Waals surface area contributed by atoms with Gasteiger partial charge >= 0.3 is 0 Å². The SMILES string of the molecule is O=Cc1nn(C2CCCCO2)c2cc(OCc3ccccc3)ccc12.OCc1nn(C2CCCCO2)c2cc(OCc3ccccc3)ccc12. The van der Waals surface area contributed by atoms with Gasteiger partial charge in [0.2, 0.25) is 0 Å². The molecular weight excluding hydrogens is 632 g/mol.